The zero-order chi connectivity index (χ0) is 16.1. The van der Waals surface area contributed by atoms with Gasteiger partial charge in [-0.2, -0.15) is 0 Å². The van der Waals surface area contributed by atoms with Crippen LogP contribution in [0.5, 0.6) is 0 Å². The van der Waals surface area contributed by atoms with Crippen LogP contribution in [0.25, 0.3) is 11.4 Å². The van der Waals surface area contributed by atoms with Crippen molar-refractivity contribution in [1.82, 2.24) is 14.1 Å². The lowest BCUT2D eigenvalue weighted by Gasteiger charge is -2.08. The fourth-order valence-electron chi connectivity index (χ4n) is 2.54. The molecule has 0 spiro atoms. The van der Waals surface area contributed by atoms with Crippen molar-refractivity contribution in [2.24, 2.45) is 7.05 Å². The first-order valence-electron chi connectivity index (χ1n) is 7.71. The summed E-state index contributed by atoms with van der Waals surface area (Å²) in [5.41, 5.74) is 1.79. The number of imidazole rings is 1. The minimum Gasteiger partial charge on any atom is -0.354 e. The molecule has 0 bridgehead atoms. The van der Waals surface area contributed by atoms with Gasteiger partial charge in [0, 0.05) is 56.1 Å². The van der Waals surface area contributed by atoms with E-state index in [1.54, 1.807) is 6.20 Å². The Morgan fingerprint density at radius 3 is 2.74 bits per heavy atom. The van der Waals surface area contributed by atoms with Crippen LogP contribution in [0.3, 0.4) is 0 Å². The Labute approximate surface area is 135 Å². The average molecular weight is 308 g/mol. The highest BCUT2D eigenvalue weighted by molar-refractivity contribution is 5.91. The van der Waals surface area contributed by atoms with Gasteiger partial charge >= 0.3 is 0 Å². The van der Waals surface area contributed by atoms with Crippen LogP contribution in [-0.4, -0.2) is 20.0 Å². The predicted octanol–water partition coefficient (Wildman–Crippen LogP) is 3.31. The molecular formula is C18H20N4O. The van der Waals surface area contributed by atoms with Gasteiger partial charge in [0.05, 0.1) is 0 Å². The summed E-state index contributed by atoms with van der Waals surface area (Å²) in [5.74, 6) is 0.919. The molecule has 0 aliphatic heterocycles. The molecule has 1 aromatic carbocycles. The molecule has 0 saturated carbocycles. The lowest BCUT2D eigenvalue weighted by atomic mass is 10.2. The second-order valence-electron chi connectivity index (χ2n) is 5.52. The Hall–Kier alpha value is -2.82. The van der Waals surface area contributed by atoms with Crippen LogP contribution in [0.2, 0.25) is 0 Å². The zero-order valence-electron chi connectivity index (χ0n) is 13.1. The third kappa shape index (κ3) is 3.88. The van der Waals surface area contributed by atoms with E-state index in [9.17, 15) is 4.79 Å². The molecule has 0 saturated heterocycles. The Kier molecular flexibility index (Phi) is 4.57. The van der Waals surface area contributed by atoms with Crippen LogP contribution in [0.15, 0.2) is 61.2 Å². The monoisotopic (exact) mass is 308 g/mol. The number of rotatable bonds is 6. The van der Waals surface area contributed by atoms with Gasteiger partial charge in [0.2, 0.25) is 5.91 Å². The van der Waals surface area contributed by atoms with Crippen LogP contribution < -0.4 is 5.32 Å². The highest BCUT2D eigenvalue weighted by atomic mass is 16.1. The second-order valence-corrected chi connectivity index (χ2v) is 5.52. The van der Waals surface area contributed by atoms with Gasteiger partial charge in [-0.3, -0.25) is 4.79 Å². The van der Waals surface area contributed by atoms with Crippen LogP contribution in [0.4, 0.5) is 5.69 Å². The van der Waals surface area contributed by atoms with Crippen molar-refractivity contribution in [3.8, 4) is 11.4 Å². The van der Waals surface area contributed by atoms with Gasteiger partial charge in [-0.15, -0.1) is 0 Å². The lowest BCUT2D eigenvalue weighted by molar-refractivity contribution is -0.116. The number of anilines is 1. The average Bonchev–Trinajstić information content (AvgIpc) is 3.19. The van der Waals surface area contributed by atoms with Crippen LogP contribution >= 0.6 is 0 Å². The van der Waals surface area contributed by atoms with E-state index >= 15 is 0 Å². The minimum atomic E-state index is 0.0362. The van der Waals surface area contributed by atoms with Gasteiger partial charge in [-0.1, -0.05) is 12.1 Å². The molecule has 3 aromatic rings. The number of carbonyl (C=O) groups excluding carboxylic acids is 1. The molecule has 0 aliphatic carbocycles. The third-order valence-electron chi connectivity index (χ3n) is 3.71. The number of amides is 1. The Bertz CT molecular complexity index is 774. The second kappa shape index (κ2) is 6.96. The van der Waals surface area contributed by atoms with E-state index in [2.05, 4.69) is 14.9 Å². The van der Waals surface area contributed by atoms with Crippen LogP contribution in [-0.2, 0) is 18.4 Å². The summed E-state index contributed by atoms with van der Waals surface area (Å²) >= 11 is 0. The van der Waals surface area contributed by atoms with Crippen LogP contribution in [0.1, 0.15) is 12.8 Å². The third-order valence-corrected chi connectivity index (χ3v) is 3.71. The van der Waals surface area contributed by atoms with Crippen LogP contribution in [0, 0.1) is 0 Å². The number of hydrogen-bond acceptors (Lipinski definition) is 2. The molecule has 0 radical (unpaired) electrons. The summed E-state index contributed by atoms with van der Waals surface area (Å²) in [7, 11) is 1.95. The first-order valence-corrected chi connectivity index (χ1v) is 7.71. The van der Waals surface area contributed by atoms with Gasteiger partial charge in [0.25, 0.3) is 0 Å². The van der Waals surface area contributed by atoms with Crippen molar-refractivity contribution >= 4 is 11.6 Å². The van der Waals surface area contributed by atoms with E-state index in [0.717, 1.165) is 30.0 Å². The van der Waals surface area contributed by atoms with Gasteiger partial charge < -0.3 is 14.5 Å². The van der Waals surface area contributed by atoms with Crippen molar-refractivity contribution in [2.75, 3.05) is 5.32 Å². The van der Waals surface area contributed by atoms with E-state index in [4.69, 9.17) is 0 Å². The van der Waals surface area contributed by atoms with Gasteiger partial charge in [0.15, 0.2) is 0 Å². The van der Waals surface area contributed by atoms with E-state index in [1.807, 2.05) is 66.6 Å². The van der Waals surface area contributed by atoms with E-state index in [-0.39, 0.29) is 5.91 Å². The Morgan fingerprint density at radius 1 is 1.17 bits per heavy atom. The Morgan fingerprint density at radius 2 is 2.00 bits per heavy atom. The standard InChI is InChI=1S/C18H20N4O/c1-21-13-9-19-18(21)15-6-4-7-16(14-15)20-17(23)8-5-12-22-10-2-3-11-22/h2-4,6-7,9-11,13-14H,5,8,12H2,1H3,(H,20,23). The molecule has 2 aromatic heterocycles. The number of nitrogens with zero attached hydrogens (tertiary/aromatic N) is 3. The first-order chi connectivity index (χ1) is 11.2. The van der Waals surface area contributed by atoms with Crippen molar-refractivity contribution in [2.45, 2.75) is 19.4 Å². The smallest absolute Gasteiger partial charge is 0.224 e. The molecule has 0 fully saturated rings. The van der Waals surface area contributed by atoms with Gasteiger partial charge in [0.1, 0.15) is 5.82 Å². The molecule has 5 nitrogen and oxygen atoms in total. The molecule has 5 heteroatoms. The largest absolute Gasteiger partial charge is 0.354 e. The summed E-state index contributed by atoms with van der Waals surface area (Å²) < 4.78 is 4.03. The highest BCUT2D eigenvalue weighted by Crippen LogP contribution is 2.20. The Balaban J connectivity index is 1.57. The maximum atomic E-state index is 12.1. The summed E-state index contributed by atoms with van der Waals surface area (Å²) in [5, 5.41) is 2.96. The van der Waals surface area contributed by atoms with E-state index in [0.29, 0.717) is 6.42 Å². The van der Waals surface area contributed by atoms with E-state index < -0.39 is 0 Å². The molecule has 23 heavy (non-hydrogen) atoms. The van der Waals surface area contributed by atoms with Crippen molar-refractivity contribution in [3.05, 3.63) is 61.2 Å². The SMILES string of the molecule is Cn1ccnc1-c1cccc(NC(=O)CCCn2cccc2)c1. The fourth-order valence-corrected chi connectivity index (χ4v) is 2.54. The summed E-state index contributed by atoms with van der Waals surface area (Å²) in [6.07, 6.45) is 9.01. The molecule has 2 heterocycles. The maximum absolute atomic E-state index is 12.1. The number of nitrogens with one attached hydrogen (secondary N) is 1. The predicted molar refractivity (Wildman–Crippen MR) is 90.9 cm³/mol. The summed E-state index contributed by atoms with van der Waals surface area (Å²) in [6.45, 7) is 0.855. The summed E-state index contributed by atoms with van der Waals surface area (Å²) in [6, 6.07) is 11.7. The molecule has 0 atom stereocenters. The van der Waals surface area contributed by atoms with Crippen molar-refractivity contribution in [3.63, 3.8) is 0 Å². The normalized spacial score (nSPS) is 10.7. The molecule has 0 unspecified atom stereocenters. The number of aryl methyl sites for hydroxylation is 2. The molecule has 1 amide bonds. The van der Waals surface area contributed by atoms with Crippen molar-refractivity contribution in [1.29, 1.82) is 0 Å². The highest BCUT2D eigenvalue weighted by Gasteiger charge is 2.06. The van der Waals surface area contributed by atoms with E-state index in [1.165, 1.54) is 0 Å². The zero-order valence-corrected chi connectivity index (χ0v) is 13.1. The molecule has 118 valence electrons. The number of carbonyl (C=O) groups is 1. The molecule has 1 N–H and O–H groups in total. The molecular weight excluding hydrogens is 288 g/mol. The first kappa shape index (κ1) is 15.1. The molecule has 0 aliphatic rings. The topological polar surface area (TPSA) is 51.9 Å². The number of benzene rings is 1. The van der Waals surface area contributed by atoms with Gasteiger partial charge in [-0.25, -0.2) is 4.98 Å². The summed E-state index contributed by atoms with van der Waals surface area (Å²) in [4.78, 5) is 16.4. The maximum Gasteiger partial charge on any atom is 0.224 e. The number of aromatic nitrogens is 3. The number of hydrogen-bond donors (Lipinski definition) is 1. The van der Waals surface area contributed by atoms with Gasteiger partial charge in [-0.05, 0) is 30.7 Å². The van der Waals surface area contributed by atoms with Crippen molar-refractivity contribution < 1.29 is 4.79 Å². The minimum absolute atomic E-state index is 0.0362. The lowest BCUT2D eigenvalue weighted by Crippen LogP contribution is -2.12. The fraction of sp³-hybridized carbons (Fsp3) is 0.222. The molecule has 3 rings (SSSR count). The quantitative estimate of drug-likeness (QED) is 0.759.